The number of hydrogen-bond acceptors (Lipinski definition) is 1. The summed E-state index contributed by atoms with van der Waals surface area (Å²) in [5.41, 5.74) is 1.69. The third-order valence-corrected chi connectivity index (χ3v) is 3.82. The number of likely N-dealkylation sites (N-methyl/N-ethyl adjacent to an activating group) is 1. The fourth-order valence-corrected chi connectivity index (χ4v) is 2.51. The van der Waals surface area contributed by atoms with E-state index in [4.69, 9.17) is 0 Å². The van der Waals surface area contributed by atoms with Gasteiger partial charge < -0.3 is 5.32 Å². The zero-order valence-corrected chi connectivity index (χ0v) is 10.3. The molecule has 0 saturated heterocycles. The van der Waals surface area contributed by atoms with Crippen LogP contribution in [0.1, 0.15) is 25.8 Å². The Morgan fingerprint density at radius 3 is 2.38 bits per heavy atom. The summed E-state index contributed by atoms with van der Waals surface area (Å²) in [6, 6.07) is 7.37. The second-order valence-electron chi connectivity index (χ2n) is 5.52. The first kappa shape index (κ1) is 11.6. The molecule has 2 heteroatoms. The van der Waals surface area contributed by atoms with Crippen LogP contribution in [0.2, 0.25) is 0 Å². The molecule has 2 unspecified atom stereocenters. The lowest BCUT2D eigenvalue weighted by Crippen LogP contribution is -2.31. The van der Waals surface area contributed by atoms with E-state index in [1.807, 2.05) is 19.2 Å². The summed E-state index contributed by atoms with van der Waals surface area (Å²) in [4.78, 5) is 0. The van der Waals surface area contributed by atoms with Crippen molar-refractivity contribution in [3.8, 4) is 0 Å². The van der Waals surface area contributed by atoms with E-state index in [9.17, 15) is 4.39 Å². The second kappa shape index (κ2) is 4.17. The molecule has 0 aromatic heterocycles. The predicted octanol–water partition coefficient (Wildman–Crippen LogP) is 3.00. The van der Waals surface area contributed by atoms with Crippen molar-refractivity contribution in [1.82, 2.24) is 5.32 Å². The van der Waals surface area contributed by atoms with Gasteiger partial charge in [0, 0.05) is 6.04 Å². The molecule has 0 heterocycles. The minimum absolute atomic E-state index is 0.156. The predicted molar refractivity (Wildman–Crippen MR) is 64.8 cm³/mol. The highest BCUT2D eigenvalue weighted by Crippen LogP contribution is 2.53. The third kappa shape index (κ3) is 2.43. The van der Waals surface area contributed by atoms with Crippen LogP contribution in [0.4, 0.5) is 4.39 Å². The average Bonchev–Trinajstić information content (AvgIpc) is 2.87. The van der Waals surface area contributed by atoms with Crippen molar-refractivity contribution < 1.29 is 4.39 Å². The maximum Gasteiger partial charge on any atom is 0.123 e. The van der Waals surface area contributed by atoms with Crippen LogP contribution in [0.15, 0.2) is 24.3 Å². The first-order valence-corrected chi connectivity index (χ1v) is 5.94. The number of nitrogens with one attached hydrogen (secondary N) is 1. The van der Waals surface area contributed by atoms with Gasteiger partial charge in [-0.25, -0.2) is 4.39 Å². The molecule has 0 amide bonds. The van der Waals surface area contributed by atoms with E-state index in [1.54, 1.807) is 12.1 Å². The molecule has 16 heavy (non-hydrogen) atoms. The van der Waals surface area contributed by atoms with Gasteiger partial charge in [-0.15, -0.1) is 0 Å². The van der Waals surface area contributed by atoms with Crippen LogP contribution in [0.5, 0.6) is 0 Å². The molecule has 2 rings (SSSR count). The molecule has 0 aliphatic heterocycles. The van der Waals surface area contributed by atoms with Crippen LogP contribution in [-0.4, -0.2) is 13.1 Å². The Bertz CT molecular complexity index is 356. The molecule has 1 fully saturated rings. The van der Waals surface area contributed by atoms with Gasteiger partial charge in [0.2, 0.25) is 0 Å². The Kier molecular flexibility index (Phi) is 3.02. The van der Waals surface area contributed by atoms with Crippen molar-refractivity contribution in [2.45, 2.75) is 32.7 Å². The molecule has 88 valence electrons. The number of halogens is 1. The first-order valence-electron chi connectivity index (χ1n) is 5.94. The summed E-state index contributed by atoms with van der Waals surface area (Å²) >= 11 is 0. The van der Waals surface area contributed by atoms with Crippen molar-refractivity contribution in [3.05, 3.63) is 35.6 Å². The first-order chi connectivity index (χ1) is 7.53. The fraction of sp³-hybridized carbons (Fsp3) is 0.571. The Morgan fingerprint density at radius 1 is 1.38 bits per heavy atom. The van der Waals surface area contributed by atoms with E-state index in [0.717, 1.165) is 12.3 Å². The smallest absolute Gasteiger partial charge is 0.123 e. The van der Waals surface area contributed by atoms with Crippen molar-refractivity contribution in [1.29, 1.82) is 0 Å². The van der Waals surface area contributed by atoms with Crippen LogP contribution < -0.4 is 5.32 Å². The van der Waals surface area contributed by atoms with Gasteiger partial charge in [0.15, 0.2) is 0 Å². The number of rotatable bonds is 4. The third-order valence-electron chi connectivity index (χ3n) is 3.82. The minimum Gasteiger partial charge on any atom is -0.316 e. The second-order valence-corrected chi connectivity index (χ2v) is 5.52. The lowest BCUT2D eigenvalue weighted by Gasteiger charge is -2.18. The van der Waals surface area contributed by atoms with Crippen LogP contribution in [-0.2, 0) is 6.42 Å². The molecule has 0 bridgehead atoms. The van der Waals surface area contributed by atoms with Crippen LogP contribution in [0.3, 0.4) is 0 Å². The van der Waals surface area contributed by atoms with Crippen molar-refractivity contribution in [2.24, 2.45) is 11.3 Å². The Hall–Kier alpha value is -0.890. The zero-order valence-electron chi connectivity index (χ0n) is 10.3. The van der Waals surface area contributed by atoms with E-state index >= 15 is 0 Å². The maximum atomic E-state index is 12.8. The molecule has 0 radical (unpaired) electrons. The molecule has 1 nitrogen and oxygen atoms in total. The van der Waals surface area contributed by atoms with Gasteiger partial charge in [-0.05, 0) is 48.9 Å². The maximum absolute atomic E-state index is 12.8. The lowest BCUT2D eigenvalue weighted by atomic mass is 9.97. The molecular formula is C14H20FN. The molecule has 1 aliphatic rings. The van der Waals surface area contributed by atoms with Gasteiger partial charge in [-0.1, -0.05) is 26.0 Å². The van der Waals surface area contributed by atoms with Crippen LogP contribution in [0.25, 0.3) is 0 Å². The average molecular weight is 221 g/mol. The molecule has 1 saturated carbocycles. The molecule has 0 spiro atoms. The summed E-state index contributed by atoms with van der Waals surface area (Å²) < 4.78 is 12.8. The summed E-state index contributed by atoms with van der Waals surface area (Å²) in [6.07, 6.45) is 2.28. The summed E-state index contributed by atoms with van der Waals surface area (Å²) in [7, 11) is 2.02. The van der Waals surface area contributed by atoms with Crippen molar-refractivity contribution in [3.63, 3.8) is 0 Å². The summed E-state index contributed by atoms with van der Waals surface area (Å²) in [6.45, 7) is 4.62. The molecule has 1 aliphatic carbocycles. The van der Waals surface area contributed by atoms with E-state index in [0.29, 0.717) is 11.5 Å². The van der Waals surface area contributed by atoms with Crippen LogP contribution >= 0.6 is 0 Å². The Balaban J connectivity index is 2.00. The van der Waals surface area contributed by atoms with Crippen molar-refractivity contribution in [2.75, 3.05) is 7.05 Å². The van der Waals surface area contributed by atoms with E-state index in [2.05, 4.69) is 19.2 Å². The van der Waals surface area contributed by atoms with Gasteiger partial charge in [0.1, 0.15) is 5.82 Å². The molecule has 1 aromatic rings. The van der Waals surface area contributed by atoms with E-state index < -0.39 is 0 Å². The van der Waals surface area contributed by atoms with Gasteiger partial charge in [-0.3, -0.25) is 0 Å². The highest BCUT2D eigenvalue weighted by molar-refractivity contribution is 5.18. The minimum atomic E-state index is -0.156. The normalized spacial score (nSPS) is 24.1. The Morgan fingerprint density at radius 2 is 1.94 bits per heavy atom. The van der Waals surface area contributed by atoms with Gasteiger partial charge in [0.25, 0.3) is 0 Å². The SMILES string of the molecule is CNC(Cc1ccc(F)cc1)C1CC1(C)C. The fourth-order valence-electron chi connectivity index (χ4n) is 2.51. The quantitative estimate of drug-likeness (QED) is 0.824. The largest absolute Gasteiger partial charge is 0.316 e. The molecule has 1 N–H and O–H groups in total. The highest BCUT2D eigenvalue weighted by atomic mass is 19.1. The van der Waals surface area contributed by atoms with Crippen LogP contribution in [0, 0.1) is 17.2 Å². The number of hydrogen-bond donors (Lipinski definition) is 1. The summed E-state index contributed by atoms with van der Waals surface area (Å²) in [5.74, 6) is 0.596. The van der Waals surface area contributed by atoms with Gasteiger partial charge >= 0.3 is 0 Å². The van der Waals surface area contributed by atoms with Gasteiger partial charge in [0.05, 0.1) is 0 Å². The zero-order chi connectivity index (χ0) is 11.8. The van der Waals surface area contributed by atoms with E-state index in [1.165, 1.54) is 12.0 Å². The standard InChI is InChI=1S/C14H20FN/c1-14(2)9-12(14)13(16-3)8-10-4-6-11(15)7-5-10/h4-7,12-13,16H,8-9H2,1-3H3. The van der Waals surface area contributed by atoms with Crippen molar-refractivity contribution >= 4 is 0 Å². The molecule has 1 aromatic carbocycles. The topological polar surface area (TPSA) is 12.0 Å². The summed E-state index contributed by atoms with van der Waals surface area (Å²) in [5, 5.41) is 3.39. The monoisotopic (exact) mass is 221 g/mol. The highest BCUT2D eigenvalue weighted by Gasteiger charge is 2.49. The molecular weight excluding hydrogens is 201 g/mol. The molecule has 2 atom stereocenters. The number of benzene rings is 1. The lowest BCUT2D eigenvalue weighted by molar-refractivity contribution is 0.426. The Labute approximate surface area is 97.1 Å². The van der Waals surface area contributed by atoms with Gasteiger partial charge in [-0.2, -0.15) is 0 Å². The van der Waals surface area contributed by atoms with E-state index in [-0.39, 0.29) is 5.82 Å².